The third-order valence-corrected chi connectivity index (χ3v) is 9.16. The van der Waals surface area contributed by atoms with Gasteiger partial charge in [0.15, 0.2) is 5.89 Å². The minimum atomic E-state index is -0.0433. The second-order valence-electron chi connectivity index (χ2n) is 10.6. The summed E-state index contributed by atoms with van der Waals surface area (Å²) < 4.78 is 5.47. The first-order valence-corrected chi connectivity index (χ1v) is 12.3. The van der Waals surface area contributed by atoms with E-state index in [1.807, 2.05) is 0 Å². The highest BCUT2D eigenvalue weighted by Gasteiger charge is 2.58. The van der Waals surface area contributed by atoms with Crippen molar-refractivity contribution in [2.75, 3.05) is 6.61 Å². The maximum Gasteiger partial charge on any atom is 0.196 e. The molecule has 3 N–H and O–H groups in total. The monoisotopic (exact) mass is 440 g/mol. The summed E-state index contributed by atoms with van der Waals surface area (Å²) in [7, 11) is 0. The van der Waals surface area contributed by atoms with E-state index in [4.69, 9.17) is 15.0 Å². The van der Waals surface area contributed by atoms with E-state index in [1.54, 1.807) is 11.8 Å². The quantitative estimate of drug-likeness (QED) is 0.510. The number of carbonyl (C=O) groups is 1. The van der Waals surface area contributed by atoms with Crippen LogP contribution < -0.4 is 11.3 Å². The van der Waals surface area contributed by atoms with Crippen LogP contribution in [0.5, 0.6) is 0 Å². The van der Waals surface area contributed by atoms with Gasteiger partial charge in [-0.1, -0.05) is 19.4 Å². The smallest absolute Gasteiger partial charge is 0.196 e. The number of ketones is 1. The Morgan fingerprint density at radius 1 is 1.19 bits per heavy atom. The Balaban J connectivity index is 1.19. The number of rotatable bonds is 6. The lowest BCUT2D eigenvalue weighted by atomic mass is 9.47. The largest absolute Gasteiger partial charge is 0.444 e. The maximum absolute atomic E-state index is 12.6. The van der Waals surface area contributed by atoms with Crippen LogP contribution in [-0.2, 0) is 22.6 Å². The number of nitrogens with two attached hydrogens (primary N) is 1. The first-order chi connectivity index (χ1) is 15.4. The van der Waals surface area contributed by atoms with E-state index in [1.165, 1.54) is 12.8 Å². The molecule has 0 bridgehead atoms. The minimum Gasteiger partial charge on any atom is -0.444 e. The molecule has 7 nitrogen and oxygen atoms in total. The molecule has 1 aromatic rings. The number of Topliss-reactive ketones (excluding diaryl/α,β-unsaturated/α-hetero) is 1. The number of hydrogen-bond donors (Lipinski definition) is 2. The SMILES string of the molecule is CC12CCC3C(CCC4=CC(=NNOCCc5ncc(CN)o5)CCC43C)C1CCC2=O. The molecular weight excluding hydrogens is 404 g/mol. The number of nitrogens with one attached hydrogen (secondary N) is 1. The van der Waals surface area contributed by atoms with Gasteiger partial charge in [0, 0.05) is 11.8 Å². The molecule has 1 aromatic heterocycles. The van der Waals surface area contributed by atoms with Crippen LogP contribution in [0, 0.1) is 28.6 Å². The summed E-state index contributed by atoms with van der Waals surface area (Å²) in [4.78, 5) is 22.2. The number of hydrazone groups is 1. The molecule has 3 fully saturated rings. The molecule has 0 amide bonds. The molecule has 5 atom stereocenters. The van der Waals surface area contributed by atoms with E-state index >= 15 is 0 Å². The number of oxazole rings is 1. The van der Waals surface area contributed by atoms with Crippen LogP contribution in [0.25, 0.3) is 0 Å². The molecule has 174 valence electrons. The molecule has 4 aliphatic rings. The average molecular weight is 441 g/mol. The number of allylic oxidation sites excluding steroid dienone is 2. The molecule has 7 heteroatoms. The molecular formula is C25H36N4O3. The van der Waals surface area contributed by atoms with Gasteiger partial charge < -0.3 is 10.2 Å². The van der Waals surface area contributed by atoms with Crippen LogP contribution in [0.1, 0.15) is 76.9 Å². The Morgan fingerprint density at radius 2 is 2.03 bits per heavy atom. The van der Waals surface area contributed by atoms with Crippen LogP contribution in [0.15, 0.2) is 27.4 Å². The van der Waals surface area contributed by atoms with Crippen molar-refractivity contribution in [3.05, 3.63) is 29.5 Å². The second-order valence-corrected chi connectivity index (χ2v) is 10.6. The van der Waals surface area contributed by atoms with Gasteiger partial charge in [-0.15, -0.1) is 0 Å². The average Bonchev–Trinajstić information content (AvgIpc) is 3.37. The van der Waals surface area contributed by atoms with E-state index in [0.29, 0.717) is 54.8 Å². The normalized spacial score (nSPS) is 37.6. The Kier molecular flexibility index (Phi) is 5.74. The first kappa shape index (κ1) is 21.8. The predicted molar refractivity (Wildman–Crippen MR) is 121 cm³/mol. The van der Waals surface area contributed by atoms with Gasteiger partial charge in [0.1, 0.15) is 11.5 Å². The van der Waals surface area contributed by atoms with Gasteiger partial charge in [-0.05, 0) is 74.2 Å². The van der Waals surface area contributed by atoms with Gasteiger partial charge in [0.2, 0.25) is 0 Å². The van der Waals surface area contributed by atoms with Gasteiger partial charge in [-0.2, -0.15) is 10.7 Å². The summed E-state index contributed by atoms with van der Waals surface area (Å²) in [6.45, 7) is 5.51. The summed E-state index contributed by atoms with van der Waals surface area (Å²) in [6, 6.07) is 0. The zero-order chi connectivity index (χ0) is 22.3. The van der Waals surface area contributed by atoms with E-state index < -0.39 is 0 Å². The fourth-order valence-corrected chi connectivity index (χ4v) is 7.26. The van der Waals surface area contributed by atoms with E-state index in [2.05, 4.69) is 35.6 Å². The van der Waals surface area contributed by atoms with Crippen molar-refractivity contribution in [2.24, 2.45) is 39.4 Å². The molecule has 3 saturated carbocycles. The summed E-state index contributed by atoms with van der Waals surface area (Å²) in [5, 5.41) is 4.49. The molecule has 5 unspecified atom stereocenters. The van der Waals surface area contributed by atoms with Crippen molar-refractivity contribution in [1.82, 2.24) is 10.6 Å². The lowest BCUT2D eigenvalue weighted by Crippen LogP contribution is -2.50. The van der Waals surface area contributed by atoms with Crippen LogP contribution in [0.3, 0.4) is 0 Å². The van der Waals surface area contributed by atoms with Crippen LogP contribution in [0.4, 0.5) is 0 Å². The summed E-state index contributed by atoms with van der Waals surface area (Å²) >= 11 is 0. The highest BCUT2D eigenvalue weighted by molar-refractivity contribution is 5.96. The summed E-state index contributed by atoms with van der Waals surface area (Å²) in [6.07, 6.45) is 13.2. The standard InChI is InChI=1S/C25H36N4O3/c1-24-10-7-17(28-29-31-12-9-23-27-15-18(14-26)32-23)13-16(24)3-4-19-20-5-6-22(30)25(20,2)11-8-21(19)24/h13,15,19-21,29H,3-12,14,26H2,1-2H3. The molecule has 32 heavy (non-hydrogen) atoms. The third kappa shape index (κ3) is 3.63. The van der Waals surface area contributed by atoms with Crippen molar-refractivity contribution >= 4 is 11.5 Å². The van der Waals surface area contributed by atoms with Crippen LogP contribution >= 0.6 is 0 Å². The van der Waals surface area contributed by atoms with Gasteiger partial charge in [0.05, 0.1) is 31.5 Å². The number of aromatic nitrogens is 1. The van der Waals surface area contributed by atoms with Gasteiger partial charge in [-0.3, -0.25) is 9.63 Å². The lowest BCUT2D eigenvalue weighted by Gasteiger charge is -2.57. The number of hydrogen-bond acceptors (Lipinski definition) is 7. The molecule has 0 saturated heterocycles. The minimum absolute atomic E-state index is 0.0433. The topological polar surface area (TPSA) is 103 Å². The highest BCUT2D eigenvalue weighted by atomic mass is 16.7. The molecule has 5 rings (SSSR count). The zero-order valence-electron chi connectivity index (χ0n) is 19.4. The maximum atomic E-state index is 12.6. The molecule has 0 spiro atoms. The van der Waals surface area contributed by atoms with Crippen molar-refractivity contribution in [3.8, 4) is 0 Å². The summed E-state index contributed by atoms with van der Waals surface area (Å²) in [5.41, 5.74) is 11.1. The van der Waals surface area contributed by atoms with Crippen molar-refractivity contribution in [1.29, 1.82) is 0 Å². The van der Waals surface area contributed by atoms with E-state index in [9.17, 15) is 4.79 Å². The van der Waals surface area contributed by atoms with E-state index in [-0.39, 0.29) is 10.8 Å². The van der Waals surface area contributed by atoms with Crippen molar-refractivity contribution < 1.29 is 14.0 Å². The molecule has 1 heterocycles. The second kappa shape index (κ2) is 8.41. The highest BCUT2D eigenvalue weighted by Crippen LogP contribution is 2.64. The van der Waals surface area contributed by atoms with Crippen molar-refractivity contribution in [3.63, 3.8) is 0 Å². The number of fused-ring (bicyclic) bond motifs is 5. The first-order valence-electron chi connectivity index (χ1n) is 12.3. The van der Waals surface area contributed by atoms with Gasteiger partial charge in [-0.25, -0.2) is 4.98 Å². The Bertz CT molecular complexity index is 937. The molecule has 0 aliphatic heterocycles. The molecule has 4 aliphatic carbocycles. The third-order valence-electron chi connectivity index (χ3n) is 9.16. The Hall–Kier alpha value is -1.99. The molecule has 0 radical (unpaired) electrons. The fraction of sp³-hybridized carbons (Fsp3) is 0.720. The lowest BCUT2D eigenvalue weighted by molar-refractivity contribution is -0.132. The van der Waals surface area contributed by atoms with E-state index in [0.717, 1.165) is 44.2 Å². The van der Waals surface area contributed by atoms with Crippen LogP contribution in [-0.4, -0.2) is 23.1 Å². The zero-order valence-corrected chi connectivity index (χ0v) is 19.4. The van der Waals surface area contributed by atoms with Crippen LogP contribution in [0.2, 0.25) is 0 Å². The molecule has 0 aromatic carbocycles. The van der Waals surface area contributed by atoms with Crippen molar-refractivity contribution in [2.45, 2.75) is 78.2 Å². The van der Waals surface area contributed by atoms with Gasteiger partial charge >= 0.3 is 0 Å². The van der Waals surface area contributed by atoms with Gasteiger partial charge in [0.25, 0.3) is 0 Å². The number of nitrogens with zero attached hydrogens (tertiary/aromatic N) is 2. The predicted octanol–water partition coefficient (Wildman–Crippen LogP) is 4.08. The Labute approximate surface area is 190 Å². The summed E-state index contributed by atoms with van der Waals surface area (Å²) in [5.74, 6) is 3.84. The Morgan fingerprint density at radius 3 is 2.84 bits per heavy atom. The fourth-order valence-electron chi connectivity index (χ4n) is 7.26. The number of carbonyl (C=O) groups excluding carboxylic acids is 1.